The summed E-state index contributed by atoms with van der Waals surface area (Å²) in [4.78, 5) is 36.5. The molecule has 2 amide bonds. The molecule has 0 aliphatic carbocycles. The number of aromatic nitrogens is 2. The van der Waals surface area contributed by atoms with Gasteiger partial charge in [-0.05, 0) is 18.3 Å². The number of carbonyl (C=O) groups is 1. The molecule has 0 atom stereocenters. The highest BCUT2D eigenvalue weighted by Crippen LogP contribution is 2.20. The Kier molecular flexibility index (Phi) is 7.24. The predicted molar refractivity (Wildman–Crippen MR) is 90.7 cm³/mol. The average Bonchev–Trinajstić information content (AvgIpc) is 2.48. The molecule has 1 aromatic rings. The molecule has 0 saturated heterocycles. The van der Waals surface area contributed by atoms with Crippen molar-refractivity contribution in [3.05, 3.63) is 32.6 Å². The second-order valence-electron chi connectivity index (χ2n) is 6.81. The van der Waals surface area contributed by atoms with Gasteiger partial charge >= 0.3 is 11.7 Å². The monoisotopic (exact) mass is 335 g/mol. The van der Waals surface area contributed by atoms with E-state index in [0.717, 1.165) is 19.3 Å². The number of H-pyrrole nitrogens is 1. The molecule has 0 aliphatic heterocycles. The first-order chi connectivity index (χ1) is 11.2. The Morgan fingerprint density at radius 3 is 2.54 bits per heavy atom. The molecule has 0 aromatic carbocycles. The van der Waals surface area contributed by atoms with Crippen LogP contribution < -0.4 is 21.9 Å². The van der Waals surface area contributed by atoms with Crippen LogP contribution >= 0.6 is 0 Å². The lowest BCUT2D eigenvalue weighted by Crippen LogP contribution is -2.39. The Morgan fingerprint density at radius 1 is 1.25 bits per heavy atom. The number of aromatic amines is 1. The molecule has 0 unspecified atom stereocenters. The van der Waals surface area contributed by atoms with Crippen LogP contribution in [0.2, 0.25) is 0 Å². The first-order valence-electron chi connectivity index (χ1n) is 7.98. The molecule has 0 saturated carbocycles. The maximum Gasteiger partial charge on any atom is 0.328 e. The van der Waals surface area contributed by atoms with Crippen LogP contribution in [-0.2, 0) is 6.54 Å². The lowest BCUT2D eigenvalue weighted by Gasteiger charge is -2.17. The minimum absolute atomic E-state index is 0.141. The van der Waals surface area contributed by atoms with Crippen LogP contribution in [-0.4, -0.2) is 28.7 Å². The first kappa shape index (κ1) is 19.5. The molecule has 0 spiro atoms. The fraction of sp³-hybridized carbons (Fsp3) is 0.625. The summed E-state index contributed by atoms with van der Waals surface area (Å²) >= 11 is 0. The summed E-state index contributed by atoms with van der Waals surface area (Å²) in [6.45, 7) is 7.53. The van der Waals surface area contributed by atoms with Gasteiger partial charge in [0.05, 0.1) is 0 Å². The lowest BCUT2D eigenvalue weighted by atomic mass is 9.90. The molecular weight excluding hydrogens is 310 g/mol. The van der Waals surface area contributed by atoms with Gasteiger partial charge in [-0.15, -0.1) is 0 Å². The Morgan fingerprint density at radius 2 is 1.92 bits per heavy atom. The molecule has 1 aromatic heterocycles. The van der Waals surface area contributed by atoms with Crippen LogP contribution in [0.1, 0.15) is 45.6 Å². The van der Waals surface area contributed by atoms with Crippen molar-refractivity contribution >= 4 is 6.03 Å². The smallest absolute Gasteiger partial charge is 0.328 e. The largest absolute Gasteiger partial charge is 0.338 e. The van der Waals surface area contributed by atoms with Crippen molar-refractivity contribution in [3.8, 4) is 6.07 Å². The maximum absolute atomic E-state index is 11.6. The Labute approximate surface area is 140 Å². The molecule has 0 radical (unpaired) electrons. The van der Waals surface area contributed by atoms with Gasteiger partial charge in [-0.2, -0.15) is 5.26 Å². The fourth-order valence-corrected chi connectivity index (χ4v) is 2.09. The number of unbranched alkanes of at least 4 members (excludes halogenated alkanes) is 1. The number of hydrogen-bond acceptors (Lipinski definition) is 4. The number of carbonyl (C=O) groups excluding carboxylic acids is 1. The normalized spacial score (nSPS) is 10.9. The average molecular weight is 335 g/mol. The third kappa shape index (κ3) is 7.13. The van der Waals surface area contributed by atoms with E-state index < -0.39 is 11.2 Å². The molecule has 0 bridgehead atoms. The number of nitrogens with zero attached hydrogens (tertiary/aromatic N) is 2. The number of rotatable bonds is 7. The van der Waals surface area contributed by atoms with Crippen LogP contribution in [0.4, 0.5) is 4.79 Å². The highest BCUT2D eigenvalue weighted by Gasteiger charge is 2.09. The number of nitrogens with one attached hydrogen (secondary N) is 3. The molecular formula is C16H25N5O3. The quantitative estimate of drug-likeness (QED) is 0.642. The Bertz CT molecular complexity index is 706. The first-order valence-corrected chi connectivity index (χ1v) is 7.98. The van der Waals surface area contributed by atoms with E-state index in [0.29, 0.717) is 12.0 Å². The van der Waals surface area contributed by atoms with Gasteiger partial charge in [0.1, 0.15) is 11.6 Å². The van der Waals surface area contributed by atoms with E-state index in [2.05, 4.69) is 36.4 Å². The zero-order chi connectivity index (χ0) is 18.2. The molecule has 8 heteroatoms. The fourth-order valence-electron chi connectivity index (χ4n) is 2.09. The lowest BCUT2D eigenvalue weighted by molar-refractivity contribution is 0.240. The molecule has 1 rings (SSSR count). The minimum atomic E-state index is -0.709. The molecule has 24 heavy (non-hydrogen) atoms. The molecule has 132 valence electrons. The number of urea groups is 1. The second kappa shape index (κ2) is 8.91. The summed E-state index contributed by atoms with van der Waals surface area (Å²) in [5.41, 5.74) is -1.16. The van der Waals surface area contributed by atoms with Crippen molar-refractivity contribution in [2.45, 2.75) is 46.6 Å². The van der Waals surface area contributed by atoms with E-state index in [-0.39, 0.29) is 24.7 Å². The molecule has 3 N–H and O–H groups in total. The van der Waals surface area contributed by atoms with E-state index in [9.17, 15) is 14.4 Å². The van der Waals surface area contributed by atoms with E-state index in [1.807, 2.05) is 0 Å². The standard InChI is InChI=1S/C16H25N5O3/c1-16(2,3)6-4-5-7-18-14(23)19-8-9-21-11-12(10-17)13(22)20-15(21)24/h11H,4-9H2,1-3H3,(H2,18,19,23)(H,20,22,24). The summed E-state index contributed by atoms with van der Waals surface area (Å²) in [7, 11) is 0. The summed E-state index contributed by atoms with van der Waals surface area (Å²) in [6.07, 6.45) is 4.25. The van der Waals surface area contributed by atoms with Crippen LogP contribution in [0.5, 0.6) is 0 Å². The predicted octanol–water partition coefficient (Wildman–Crippen LogP) is 0.924. The Hall–Kier alpha value is -2.56. The van der Waals surface area contributed by atoms with Gasteiger partial charge in [0.15, 0.2) is 0 Å². The van der Waals surface area contributed by atoms with Crippen molar-refractivity contribution in [2.75, 3.05) is 13.1 Å². The third-order valence-electron chi connectivity index (χ3n) is 3.41. The van der Waals surface area contributed by atoms with Crippen molar-refractivity contribution in [1.82, 2.24) is 20.2 Å². The van der Waals surface area contributed by atoms with Crippen LogP contribution in [0.15, 0.2) is 15.8 Å². The summed E-state index contributed by atoms with van der Waals surface area (Å²) in [5.74, 6) is 0. The van der Waals surface area contributed by atoms with Gasteiger partial charge in [-0.3, -0.25) is 14.3 Å². The molecule has 0 fully saturated rings. The second-order valence-corrected chi connectivity index (χ2v) is 6.81. The highest BCUT2D eigenvalue weighted by atomic mass is 16.2. The van der Waals surface area contributed by atoms with E-state index >= 15 is 0 Å². The van der Waals surface area contributed by atoms with E-state index in [1.165, 1.54) is 10.8 Å². The van der Waals surface area contributed by atoms with Crippen molar-refractivity contribution < 1.29 is 4.79 Å². The van der Waals surface area contributed by atoms with Crippen LogP contribution in [0.25, 0.3) is 0 Å². The van der Waals surface area contributed by atoms with Gasteiger partial charge in [0.25, 0.3) is 5.56 Å². The summed E-state index contributed by atoms with van der Waals surface area (Å²) in [5, 5.41) is 14.2. The van der Waals surface area contributed by atoms with Crippen LogP contribution in [0.3, 0.4) is 0 Å². The van der Waals surface area contributed by atoms with Gasteiger partial charge in [-0.1, -0.05) is 27.2 Å². The van der Waals surface area contributed by atoms with Crippen molar-refractivity contribution in [3.63, 3.8) is 0 Å². The van der Waals surface area contributed by atoms with E-state index in [4.69, 9.17) is 5.26 Å². The van der Waals surface area contributed by atoms with Gasteiger partial charge in [-0.25, -0.2) is 9.59 Å². The SMILES string of the molecule is CC(C)(C)CCCCNC(=O)NCCn1cc(C#N)c(=O)[nH]c1=O. The van der Waals surface area contributed by atoms with Gasteiger partial charge in [0, 0.05) is 25.8 Å². The Balaban J connectivity index is 2.30. The molecule has 8 nitrogen and oxygen atoms in total. The number of nitriles is 1. The van der Waals surface area contributed by atoms with Gasteiger partial charge in [0.2, 0.25) is 0 Å². The van der Waals surface area contributed by atoms with Gasteiger partial charge < -0.3 is 10.6 Å². The summed E-state index contributed by atoms with van der Waals surface area (Å²) < 4.78 is 1.18. The molecule has 1 heterocycles. The van der Waals surface area contributed by atoms with Crippen molar-refractivity contribution in [1.29, 1.82) is 5.26 Å². The number of amides is 2. The maximum atomic E-state index is 11.6. The minimum Gasteiger partial charge on any atom is -0.338 e. The zero-order valence-corrected chi connectivity index (χ0v) is 14.4. The van der Waals surface area contributed by atoms with E-state index in [1.54, 1.807) is 6.07 Å². The van der Waals surface area contributed by atoms with Crippen molar-refractivity contribution in [2.24, 2.45) is 5.41 Å². The van der Waals surface area contributed by atoms with Crippen LogP contribution in [0, 0.1) is 16.7 Å². The summed E-state index contributed by atoms with van der Waals surface area (Å²) in [6, 6.07) is 1.41. The highest BCUT2D eigenvalue weighted by molar-refractivity contribution is 5.73. The topological polar surface area (TPSA) is 120 Å². The molecule has 0 aliphatic rings. The number of hydrogen-bond donors (Lipinski definition) is 3. The zero-order valence-electron chi connectivity index (χ0n) is 14.4. The third-order valence-corrected chi connectivity index (χ3v) is 3.41.